The van der Waals surface area contributed by atoms with E-state index in [9.17, 15) is 0 Å². The van der Waals surface area contributed by atoms with Crippen LogP contribution in [0.15, 0.2) is 24.3 Å². The molecule has 110 valence electrons. The van der Waals surface area contributed by atoms with Gasteiger partial charge in [0.2, 0.25) is 0 Å². The molecule has 0 radical (unpaired) electrons. The van der Waals surface area contributed by atoms with Gasteiger partial charge in [-0.25, -0.2) is 0 Å². The van der Waals surface area contributed by atoms with Gasteiger partial charge in [-0.15, -0.1) is 0 Å². The van der Waals surface area contributed by atoms with Crippen LogP contribution in [-0.4, -0.2) is 12.1 Å². The molecule has 1 aromatic carbocycles. The molecule has 1 nitrogen and oxygen atoms in total. The summed E-state index contributed by atoms with van der Waals surface area (Å²) >= 11 is 0. The number of nitrogens with one attached hydrogen (secondary N) is 1. The molecular weight excluding hydrogens is 242 g/mol. The highest BCUT2D eigenvalue weighted by molar-refractivity contribution is 5.33. The number of hydrogen-bond acceptors (Lipinski definition) is 1. The first-order valence-electron chi connectivity index (χ1n) is 8.68. The molecule has 1 heteroatoms. The van der Waals surface area contributed by atoms with E-state index in [0.717, 1.165) is 12.0 Å². The van der Waals surface area contributed by atoms with E-state index in [-0.39, 0.29) is 0 Å². The lowest BCUT2D eigenvalue weighted by Crippen LogP contribution is -2.38. The van der Waals surface area contributed by atoms with Crippen molar-refractivity contribution in [3.05, 3.63) is 35.4 Å². The van der Waals surface area contributed by atoms with Gasteiger partial charge < -0.3 is 5.32 Å². The Hall–Kier alpha value is -0.820. The molecule has 1 fully saturated rings. The summed E-state index contributed by atoms with van der Waals surface area (Å²) in [6.07, 6.45) is 12.4. The molecule has 1 saturated carbocycles. The fourth-order valence-corrected chi connectivity index (χ4v) is 4.25. The molecule has 2 unspecified atom stereocenters. The molecule has 0 aromatic heterocycles. The van der Waals surface area contributed by atoms with E-state index in [1.54, 1.807) is 11.1 Å². The van der Waals surface area contributed by atoms with Crippen molar-refractivity contribution in [1.82, 2.24) is 5.32 Å². The molecule has 3 rings (SSSR count). The topological polar surface area (TPSA) is 12.0 Å². The maximum absolute atomic E-state index is 3.97. The first-order valence-corrected chi connectivity index (χ1v) is 8.68. The summed E-state index contributed by atoms with van der Waals surface area (Å²) in [6.45, 7) is 2.33. The van der Waals surface area contributed by atoms with Crippen LogP contribution in [0.4, 0.5) is 0 Å². The Labute approximate surface area is 124 Å². The molecule has 0 spiro atoms. The maximum Gasteiger partial charge on any atom is 0.0151 e. The highest BCUT2D eigenvalue weighted by Crippen LogP contribution is 2.28. The van der Waals surface area contributed by atoms with Crippen LogP contribution in [-0.2, 0) is 12.8 Å². The van der Waals surface area contributed by atoms with Gasteiger partial charge in [-0.3, -0.25) is 0 Å². The monoisotopic (exact) mass is 271 g/mol. The van der Waals surface area contributed by atoms with Crippen LogP contribution >= 0.6 is 0 Å². The lowest BCUT2D eigenvalue weighted by molar-refractivity contribution is 0.384. The summed E-state index contributed by atoms with van der Waals surface area (Å²) in [6, 6.07) is 10.4. The van der Waals surface area contributed by atoms with E-state index >= 15 is 0 Å². The Morgan fingerprint density at radius 1 is 0.950 bits per heavy atom. The Morgan fingerprint density at radius 3 is 2.40 bits per heavy atom. The minimum absolute atomic E-state index is 0.695. The summed E-state index contributed by atoms with van der Waals surface area (Å²) in [5.41, 5.74) is 3.14. The van der Waals surface area contributed by atoms with Crippen molar-refractivity contribution in [2.75, 3.05) is 0 Å². The minimum atomic E-state index is 0.695. The third kappa shape index (κ3) is 3.44. The lowest BCUT2D eigenvalue weighted by Gasteiger charge is -2.21. The van der Waals surface area contributed by atoms with Gasteiger partial charge in [0.1, 0.15) is 0 Å². The molecule has 2 aliphatic rings. The Morgan fingerprint density at radius 2 is 1.70 bits per heavy atom. The molecule has 0 bridgehead atoms. The van der Waals surface area contributed by atoms with Gasteiger partial charge in [-0.2, -0.15) is 0 Å². The zero-order valence-electron chi connectivity index (χ0n) is 12.9. The predicted octanol–water partition coefficient (Wildman–Crippen LogP) is 4.49. The standard InChI is InChI=1S/C19H29N/c1-2-6-15-7-5-10-18(12-11-15)20-19-13-16-8-3-4-9-17(16)14-19/h3-4,8-9,15,18-20H,2,5-7,10-14H2,1H3. The third-order valence-electron chi connectivity index (χ3n) is 5.31. The van der Waals surface area contributed by atoms with Crippen molar-refractivity contribution in [1.29, 1.82) is 0 Å². The molecule has 0 saturated heterocycles. The van der Waals surface area contributed by atoms with Gasteiger partial charge in [0.05, 0.1) is 0 Å². The van der Waals surface area contributed by atoms with Gasteiger partial charge in [-0.1, -0.05) is 56.9 Å². The largest absolute Gasteiger partial charge is 0.311 e. The summed E-state index contributed by atoms with van der Waals surface area (Å²) < 4.78 is 0. The van der Waals surface area contributed by atoms with Crippen molar-refractivity contribution >= 4 is 0 Å². The second-order valence-corrected chi connectivity index (χ2v) is 6.90. The number of rotatable bonds is 4. The summed E-state index contributed by atoms with van der Waals surface area (Å²) in [5.74, 6) is 1.01. The average molecular weight is 271 g/mol. The Kier molecular flexibility index (Phi) is 4.77. The zero-order chi connectivity index (χ0) is 13.8. The first kappa shape index (κ1) is 14.1. The minimum Gasteiger partial charge on any atom is -0.311 e. The fraction of sp³-hybridized carbons (Fsp3) is 0.684. The van der Waals surface area contributed by atoms with E-state index < -0.39 is 0 Å². The summed E-state index contributed by atoms with van der Waals surface area (Å²) in [5, 5.41) is 3.97. The van der Waals surface area contributed by atoms with Crippen molar-refractivity contribution in [3.63, 3.8) is 0 Å². The van der Waals surface area contributed by atoms with E-state index in [4.69, 9.17) is 0 Å². The van der Waals surface area contributed by atoms with Crippen LogP contribution in [0.25, 0.3) is 0 Å². The molecule has 2 aliphatic carbocycles. The van der Waals surface area contributed by atoms with Gasteiger partial charge in [0.15, 0.2) is 0 Å². The van der Waals surface area contributed by atoms with Crippen molar-refractivity contribution in [2.45, 2.75) is 76.8 Å². The molecule has 1 N–H and O–H groups in total. The van der Waals surface area contributed by atoms with E-state index in [1.807, 2.05) is 0 Å². The molecule has 2 atom stereocenters. The predicted molar refractivity (Wildman–Crippen MR) is 86.0 cm³/mol. The average Bonchev–Trinajstić information content (AvgIpc) is 2.73. The number of fused-ring (bicyclic) bond motifs is 1. The normalized spacial score (nSPS) is 27.2. The van der Waals surface area contributed by atoms with Crippen LogP contribution in [0.1, 0.15) is 63.0 Å². The van der Waals surface area contributed by atoms with E-state index in [0.29, 0.717) is 6.04 Å². The molecule has 0 heterocycles. The zero-order valence-corrected chi connectivity index (χ0v) is 12.9. The van der Waals surface area contributed by atoms with Crippen LogP contribution in [0.5, 0.6) is 0 Å². The summed E-state index contributed by atoms with van der Waals surface area (Å²) in [7, 11) is 0. The van der Waals surface area contributed by atoms with Gasteiger partial charge in [-0.05, 0) is 49.1 Å². The quantitative estimate of drug-likeness (QED) is 0.795. The Balaban J connectivity index is 1.50. The smallest absolute Gasteiger partial charge is 0.0151 e. The van der Waals surface area contributed by atoms with Gasteiger partial charge in [0.25, 0.3) is 0 Å². The van der Waals surface area contributed by atoms with Gasteiger partial charge >= 0.3 is 0 Å². The number of hydrogen-bond donors (Lipinski definition) is 1. The van der Waals surface area contributed by atoms with Crippen LogP contribution < -0.4 is 5.32 Å². The van der Waals surface area contributed by atoms with Crippen molar-refractivity contribution in [2.24, 2.45) is 5.92 Å². The van der Waals surface area contributed by atoms with E-state index in [2.05, 4.69) is 36.5 Å². The number of benzene rings is 1. The summed E-state index contributed by atoms with van der Waals surface area (Å²) in [4.78, 5) is 0. The molecule has 20 heavy (non-hydrogen) atoms. The van der Waals surface area contributed by atoms with Crippen molar-refractivity contribution < 1.29 is 0 Å². The maximum atomic E-state index is 3.97. The highest BCUT2D eigenvalue weighted by atomic mass is 15.0. The third-order valence-corrected chi connectivity index (χ3v) is 5.31. The SMILES string of the molecule is CCCC1CCCC(NC2Cc3ccccc3C2)CC1. The second-order valence-electron chi connectivity index (χ2n) is 6.90. The highest BCUT2D eigenvalue weighted by Gasteiger charge is 2.25. The Bertz CT molecular complexity index is 401. The van der Waals surface area contributed by atoms with Gasteiger partial charge in [0, 0.05) is 12.1 Å². The fourth-order valence-electron chi connectivity index (χ4n) is 4.25. The molecular formula is C19H29N. The lowest BCUT2D eigenvalue weighted by atomic mass is 9.95. The second kappa shape index (κ2) is 6.76. The first-order chi connectivity index (χ1) is 9.85. The molecule has 0 aliphatic heterocycles. The van der Waals surface area contributed by atoms with Crippen LogP contribution in [0, 0.1) is 5.92 Å². The molecule has 1 aromatic rings. The van der Waals surface area contributed by atoms with Crippen LogP contribution in [0.3, 0.4) is 0 Å². The molecule has 0 amide bonds. The van der Waals surface area contributed by atoms with E-state index in [1.165, 1.54) is 57.8 Å². The van der Waals surface area contributed by atoms with Crippen LogP contribution in [0.2, 0.25) is 0 Å². The van der Waals surface area contributed by atoms with Crippen molar-refractivity contribution in [3.8, 4) is 0 Å².